The second-order valence-corrected chi connectivity index (χ2v) is 47.5. The molecule has 0 fully saturated rings. The molecule has 2 nitrogen and oxygen atoms in total. The van der Waals surface area contributed by atoms with E-state index in [4.69, 9.17) is 0 Å². The van der Waals surface area contributed by atoms with E-state index in [2.05, 4.69) is 522 Å². The molecular formula is C126H142N2. The molecule has 0 spiro atoms. The van der Waals surface area contributed by atoms with Gasteiger partial charge >= 0.3 is 0 Å². The van der Waals surface area contributed by atoms with Gasteiger partial charge in [-0.2, -0.15) is 0 Å². The summed E-state index contributed by atoms with van der Waals surface area (Å²) >= 11 is 0. The zero-order chi connectivity index (χ0) is 92.5. The molecule has 0 saturated carbocycles. The van der Waals surface area contributed by atoms with Crippen molar-refractivity contribution in [2.45, 2.75) is 274 Å². The Morgan fingerprint density at radius 1 is 0.148 bits per heavy atom. The Balaban J connectivity index is 0.000000197. The molecule has 2 heteroatoms. The Morgan fingerprint density at radius 2 is 0.367 bits per heavy atom. The van der Waals surface area contributed by atoms with E-state index < -0.39 is 0 Å². The van der Waals surface area contributed by atoms with Crippen molar-refractivity contribution in [2.75, 3.05) is 9.80 Å². The first-order valence-electron chi connectivity index (χ1n) is 47.0. The van der Waals surface area contributed by atoms with Crippen molar-refractivity contribution >= 4 is 34.1 Å². The molecule has 14 aromatic rings. The molecule has 0 radical (unpaired) electrons. The molecule has 2 aliphatic rings. The van der Waals surface area contributed by atoms with Gasteiger partial charge in [-0.25, -0.2) is 0 Å². The van der Waals surface area contributed by atoms with Gasteiger partial charge in [-0.3, -0.25) is 0 Å². The lowest BCUT2D eigenvalue weighted by Gasteiger charge is -2.29. The van der Waals surface area contributed by atoms with E-state index in [0.717, 1.165) is 34.1 Å². The van der Waals surface area contributed by atoms with E-state index in [1.807, 2.05) is 0 Å². The van der Waals surface area contributed by atoms with Gasteiger partial charge in [0.1, 0.15) is 0 Å². The van der Waals surface area contributed by atoms with Crippen molar-refractivity contribution in [3.8, 4) is 89.0 Å². The van der Waals surface area contributed by atoms with Crippen LogP contribution in [0.4, 0.5) is 34.1 Å². The van der Waals surface area contributed by atoms with Crippen molar-refractivity contribution in [1.29, 1.82) is 0 Å². The van der Waals surface area contributed by atoms with Crippen molar-refractivity contribution in [3.05, 3.63) is 370 Å². The average molecular weight is 1680 g/mol. The molecule has 0 aliphatic heterocycles. The van der Waals surface area contributed by atoms with E-state index in [1.54, 1.807) is 0 Å². The molecule has 14 aromatic carbocycles. The topological polar surface area (TPSA) is 6.48 Å². The number of anilines is 6. The second-order valence-electron chi connectivity index (χ2n) is 47.5. The van der Waals surface area contributed by atoms with Gasteiger partial charge in [0.2, 0.25) is 0 Å². The van der Waals surface area contributed by atoms with Gasteiger partial charge < -0.3 is 9.80 Å². The lowest BCUT2D eigenvalue weighted by atomic mass is 9.78. The fraction of sp³-hybridized carbons (Fsp3) is 0.333. The van der Waals surface area contributed by atoms with E-state index in [0.29, 0.717) is 0 Å². The molecule has 0 saturated heterocycles. The Hall–Kier alpha value is -11.3. The number of hydrogen-bond donors (Lipinski definition) is 0. The lowest BCUT2D eigenvalue weighted by Crippen LogP contribution is -2.17. The van der Waals surface area contributed by atoms with Crippen LogP contribution in [-0.4, -0.2) is 0 Å². The van der Waals surface area contributed by atoms with Crippen molar-refractivity contribution in [2.24, 2.45) is 0 Å². The predicted molar refractivity (Wildman–Crippen MR) is 558 cm³/mol. The molecule has 0 unspecified atom stereocenters. The number of nitrogens with zero attached hydrogens (tertiary/aromatic N) is 2. The first-order valence-corrected chi connectivity index (χ1v) is 47.0. The zero-order valence-electron chi connectivity index (χ0n) is 83.2. The van der Waals surface area contributed by atoms with Crippen molar-refractivity contribution in [3.63, 3.8) is 0 Å². The summed E-state index contributed by atoms with van der Waals surface area (Å²) in [6, 6.07) is 114. The Morgan fingerprint density at radius 3 is 0.672 bits per heavy atom. The van der Waals surface area contributed by atoms with Gasteiger partial charge in [-0.05, 0) is 295 Å². The maximum atomic E-state index is 2.47. The molecule has 2 aliphatic carbocycles. The summed E-state index contributed by atoms with van der Waals surface area (Å²) < 4.78 is 0. The largest absolute Gasteiger partial charge is 0.310 e. The summed E-state index contributed by atoms with van der Waals surface area (Å²) in [6.07, 6.45) is 0. The number of rotatable bonds is 12. The van der Waals surface area contributed by atoms with Crippen LogP contribution in [-0.2, 0) is 59.6 Å². The minimum Gasteiger partial charge on any atom is -0.310 e. The zero-order valence-corrected chi connectivity index (χ0v) is 83.2. The number of benzene rings is 14. The van der Waals surface area contributed by atoms with E-state index in [-0.39, 0.29) is 59.6 Å². The van der Waals surface area contributed by atoms with E-state index >= 15 is 0 Å². The highest BCUT2D eigenvalue weighted by Crippen LogP contribution is 2.55. The van der Waals surface area contributed by atoms with Gasteiger partial charge in [0.05, 0.1) is 0 Å². The molecule has 0 amide bonds. The summed E-state index contributed by atoms with van der Waals surface area (Å²) in [5.74, 6) is 0. The summed E-state index contributed by atoms with van der Waals surface area (Å²) in [6.45, 7) is 72.1. The summed E-state index contributed by atoms with van der Waals surface area (Å²) in [5.41, 5.74) is 44.7. The summed E-state index contributed by atoms with van der Waals surface area (Å²) in [7, 11) is 0. The first-order chi connectivity index (χ1) is 59.6. The fourth-order valence-electron chi connectivity index (χ4n) is 18.8. The average Bonchev–Trinajstić information content (AvgIpc) is 1.57. The molecule has 0 aromatic heterocycles. The van der Waals surface area contributed by atoms with E-state index in [1.165, 1.54) is 161 Å². The van der Waals surface area contributed by atoms with Gasteiger partial charge in [0.15, 0.2) is 0 Å². The van der Waals surface area contributed by atoms with Crippen LogP contribution in [0.15, 0.2) is 297 Å². The Bertz CT molecular complexity index is 6420. The highest BCUT2D eigenvalue weighted by molar-refractivity contribution is 5.91. The molecule has 128 heavy (non-hydrogen) atoms. The third-order valence-electron chi connectivity index (χ3n) is 27.4. The monoisotopic (exact) mass is 1680 g/mol. The fourth-order valence-corrected chi connectivity index (χ4v) is 18.8. The van der Waals surface area contributed by atoms with Gasteiger partial charge in [0, 0.05) is 45.0 Å². The maximum Gasteiger partial charge on any atom is 0.0467 e. The van der Waals surface area contributed by atoms with Crippen LogP contribution in [0.25, 0.3) is 89.0 Å². The minimum absolute atomic E-state index is 0.0257. The van der Waals surface area contributed by atoms with Crippen LogP contribution in [0.3, 0.4) is 0 Å². The van der Waals surface area contributed by atoms with Gasteiger partial charge in [-0.1, -0.05) is 427 Å². The first kappa shape index (κ1) is 91.4. The van der Waals surface area contributed by atoms with Gasteiger partial charge in [0.25, 0.3) is 0 Å². The molecular weight excluding hydrogens is 1540 g/mol. The third-order valence-corrected chi connectivity index (χ3v) is 27.4. The third kappa shape index (κ3) is 18.8. The molecule has 0 bridgehead atoms. The minimum atomic E-state index is -0.122. The van der Waals surface area contributed by atoms with Crippen LogP contribution < -0.4 is 9.80 Å². The van der Waals surface area contributed by atoms with Crippen molar-refractivity contribution in [1.82, 2.24) is 0 Å². The maximum absolute atomic E-state index is 2.47. The number of hydrogen-bond acceptors (Lipinski definition) is 2. The lowest BCUT2D eigenvalue weighted by molar-refractivity contribution is 0.568. The summed E-state index contributed by atoms with van der Waals surface area (Å²) in [5, 5.41) is 0. The quantitative estimate of drug-likeness (QED) is 0.120. The highest BCUT2D eigenvalue weighted by atomic mass is 15.1. The Labute approximate surface area is 771 Å². The molecule has 656 valence electrons. The van der Waals surface area contributed by atoms with Crippen LogP contribution in [0.5, 0.6) is 0 Å². The van der Waals surface area contributed by atoms with Crippen LogP contribution in [0.1, 0.15) is 287 Å². The number of fused-ring (bicyclic) bond motifs is 6. The standard InChI is InChI=1S/C65H75N.C61H67N/c1-60(2,3)48-32-44(31-45(33-48)47-36-51(63(10,11)12)40-52(37-47)64(13,14)15)43-21-20-22-54(38-43)66(55-29-30-57-56-23-18-19-24-58(56)65(16,17)59(57)41-55)53-27-25-42(26-28-53)46-34-49(61(4,5)6)39-50(35-46)62(7,8)9;1-57(2,3)46-27-25-40(26-28-46)41-19-17-21-50(36-41)62(52-29-30-54-53-23-15-16-24-55(53)61(13,14)56(54)39-52)51-22-18-20-42(37-51)43-31-44(33-47(32-43)58(4,5)6)45-34-48(59(7,8)9)38-49(35-45)60(10,11)12/h18-41H,1-17H3;15-39H,1-14H3. The summed E-state index contributed by atoms with van der Waals surface area (Å²) in [4.78, 5) is 4.93. The van der Waals surface area contributed by atoms with Crippen molar-refractivity contribution < 1.29 is 0 Å². The molecule has 0 heterocycles. The second kappa shape index (κ2) is 33.0. The van der Waals surface area contributed by atoms with Gasteiger partial charge in [-0.15, -0.1) is 0 Å². The van der Waals surface area contributed by atoms with Crippen LogP contribution in [0.2, 0.25) is 0 Å². The van der Waals surface area contributed by atoms with Crippen LogP contribution >= 0.6 is 0 Å². The normalized spacial score (nSPS) is 13.9. The van der Waals surface area contributed by atoms with Crippen LogP contribution in [0, 0.1) is 0 Å². The smallest absolute Gasteiger partial charge is 0.0467 e. The predicted octanol–water partition coefficient (Wildman–Crippen LogP) is 36.6. The Kier molecular flexibility index (Phi) is 23.6. The van der Waals surface area contributed by atoms with E-state index in [9.17, 15) is 0 Å². The molecule has 0 atom stereocenters. The molecule has 16 rings (SSSR count). The SMILES string of the molecule is CC(C)(C)c1cc(-c2cccc(N(c3ccc(-c4cc(C(C)(C)C)cc(C(C)(C)C)c4)cc3)c3ccc4c(c3)C(C)(C)c3ccccc3-4)c2)cc(-c2cc(C(C)(C)C)cc(C(C)(C)C)c2)c1.CC(C)(C)c1ccc(-c2cccc(N(c3cccc(-c4cc(-c5cc(C(C)(C)C)cc(C(C)(C)C)c5)cc(C(C)(C)C)c4)c3)c3ccc4c(c3)C(C)(C)c3ccccc3-4)c2)cc1. The highest BCUT2D eigenvalue weighted by Gasteiger charge is 2.39. The molecule has 0 N–H and O–H groups in total.